The van der Waals surface area contributed by atoms with Gasteiger partial charge in [0.15, 0.2) is 0 Å². The van der Waals surface area contributed by atoms with Gasteiger partial charge < -0.3 is 34.4 Å². The number of aromatic nitrogens is 1. The zero-order valence-electron chi connectivity index (χ0n) is 29.9. The Morgan fingerprint density at radius 1 is 1.10 bits per heavy atom. The lowest BCUT2D eigenvalue weighted by Gasteiger charge is -2.49. The minimum atomic E-state index is -2.98. The monoisotopic (exact) mass is 762 g/mol. The van der Waals surface area contributed by atoms with Crippen molar-refractivity contribution in [3.8, 4) is 0 Å². The quantitative estimate of drug-likeness (QED) is 0.221. The molecule has 3 aromatic rings. The molecule has 0 aliphatic carbocycles. The number of carbonyl (C=O) groups is 2. The standard InChI is InChI=1S/C36H48Cl2N6O6S/c1-23-22-24(2)40-32-25(23)8-6-9-26(32)33(45)30-27(37)11-12-29(31(30)38)43(51(48)49)36(13-20-50-21-14-36)35(47)42-17-15-41(16-18-42)34(46)28(39)10-7-19-44(3,4)5/h6,8-9,11-12,22,28,33,45H,7,10,13-21,39H2,1-5H3/t28-,33?/m0/s1. The zero-order valence-corrected chi connectivity index (χ0v) is 32.2. The number of quaternary nitrogens is 1. The Bertz CT molecular complexity index is 1790. The van der Waals surface area contributed by atoms with Crippen molar-refractivity contribution in [2.75, 3.05) is 71.4 Å². The molecule has 3 heterocycles. The fraction of sp³-hybridized carbons (Fsp3) is 0.528. The average Bonchev–Trinajstić information content (AvgIpc) is 3.08. The number of rotatable bonds is 11. The second kappa shape index (κ2) is 16.0. The van der Waals surface area contributed by atoms with Gasteiger partial charge >= 0.3 is 0 Å². The summed E-state index contributed by atoms with van der Waals surface area (Å²) in [6.45, 7) is 5.97. The number of fused-ring (bicyclic) bond motifs is 1. The summed E-state index contributed by atoms with van der Waals surface area (Å²) in [5.74, 6) is -0.566. The normalized spacial score (nSPS) is 18.4. The Morgan fingerprint density at radius 2 is 1.75 bits per heavy atom. The van der Waals surface area contributed by atoms with E-state index < -0.39 is 34.9 Å². The SMILES string of the molecule is Cc1cc(C)c2cccc(C(O)c3c(Cl)ccc(N(S(=O)[O-])C4(C(=O)N5CCN(C(=O)[C@@H](N)CCC[N+](C)(C)C)CC5)CCOCC4)c3Cl)c2n1. The van der Waals surface area contributed by atoms with Crippen molar-refractivity contribution in [2.24, 2.45) is 5.73 Å². The Kier molecular flexibility index (Phi) is 12.3. The average molecular weight is 764 g/mol. The Labute approximate surface area is 312 Å². The van der Waals surface area contributed by atoms with Gasteiger partial charge in [-0.15, -0.1) is 0 Å². The van der Waals surface area contributed by atoms with Gasteiger partial charge in [-0.25, -0.2) is 0 Å². The largest absolute Gasteiger partial charge is 0.755 e. The molecule has 278 valence electrons. The van der Waals surface area contributed by atoms with E-state index in [9.17, 15) is 23.5 Å². The van der Waals surface area contributed by atoms with E-state index in [-0.39, 0.29) is 79.4 Å². The van der Waals surface area contributed by atoms with E-state index in [1.165, 1.54) is 12.1 Å². The summed E-state index contributed by atoms with van der Waals surface area (Å²) in [5, 5.41) is 12.7. The molecule has 2 aromatic carbocycles. The third kappa shape index (κ3) is 8.36. The lowest BCUT2D eigenvalue weighted by molar-refractivity contribution is -0.870. The van der Waals surface area contributed by atoms with Crippen LogP contribution in [0.15, 0.2) is 36.4 Å². The van der Waals surface area contributed by atoms with Crippen LogP contribution in [0.3, 0.4) is 0 Å². The molecule has 3 atom stereocenters. The summed E-state index contributed by atoms with van der Waals surface area (Å²) in [6, 6.07) is 9.69. The number of nitrogens with zero attached hydrogens (tertiary/aromatic N) is 5. The lowest BCUT2D eigenvalue weighted by atomic mass is 9.87. The molecule has 2 aliphatic rings. The van der Waals surface area contributed by atoms with Crippen LogP contribution in [0, 0.1) is 13.8 Å². The Morgan fingerprint density at radius 3 is 2.37 bits per heavy atom. The number of amides is 2. The first-order valence-corrected chi connectivity index (χ1v) is 19.0. The molecule has 0 radical (unpaired) electrons. The summed E-state index contributed by atoms with van der Waals surface area (Å²) in [6.07, 6.45) is 0.147. The maximum absolute atomic E-state index is 14.6. The van der Waals surface area contributed by atoms with Crippen molar-refractivity contribution < 1.29 is 32.7 Å². The van der Waals surface area contributed by atoms with E-state index >= 15 is 0 Å². The highest BCUT2D eigenvalue weighted by atomic mass is 35.5. The van der Waals surface area contributed by atoms with Crippen molar-refractivity contribution in [2.45, 2.75) is 57.2 Å². The maximum atomic E-state index is 14.6. The van der Waals surface area contributed by atoms with Crippen molar-refractivity contribution in [3.05, 3.63) is 68.8 Å². The summed E-state index contributed by atoms with van der Waals surface area (Å²) in [7, 11) is 6.27. The topological polar surface area (TPSA) is 152 Å². The minimum absolute atomic E-state index is 0.00734. The van der Waals surface area contributed by atoms with Gasteiger partial charge in [-0.2, -0.15) is 0 Å². The van der Waals surface area contributed by atoms with E-state index in [0.29, 0.717) is 17.5 Å². The van der Waals surface area contributed by atoms with Crippen molar-refractivity contribution in [1.29, 1.82) is 0 Å². The summed E-state index contributed by atoms with van der Waals surface area (Å²) >= 11 is 10.7. The fourth-order valence-electron chi connectivity index (χ4n) is 7.18. The molecular weight excluding hydrogens is 715 g/mol. The smallest absolute Gasteiger partial charge is 0.249 e. The van der Waals surface area contributed by atoms with Crippen molar-refractivity contribution >= 4 is 62.9 Å². The van der Waals surface area contributed by atoms with Gasteiger partial charge in [0, 0.05) is 90.7 Å². The van der Waals surface area contributed by atoms with Crippen LogP contribution in [0.2, 0.25) is 10.0 Å². The molecular formula is C36H48Cl2N6O6S. The number of pyridine rings is 1. The number of ether oxygens (including phenoxy) is 1. The number of aliphatic hydroxyl groups is 1. The number of carbonyl (C=O) groups excluding carboxylic acids is 2. The van der Waals surface area contributed by atoms with E-state index in [2.05, 4.69) is 26.1 Å². The van der Waals surface area contributed by atoms with Gasteiger partial charge in [-0.05, 0) is 50.5 Å². The first-order chi connectivity index (χ1) is 24.1. The Balaban J connectivity index is 1.44. The van der Waals surface area contributed by atoms with E-state index in [4.69, 9.17) is 33.7 Å². The number of piperazine rings is 1. The second-order valence-corrected chi connectivity index (χ2v) is 16.1. The number of hydrogen-bond acceptors (Lipinski definition) is 8. The number of anilines is 1. The number of nitrogens with two attached hydrogens (primary N) is 1. The molecule has 2 aliphatic heterocycles. The molecule has 5 rings (SSSR count). The van der Waals surface area contributed by atoms with Crippen LogP contribution in [0.4, 0.5) is 5.69 Å². The highest BCUT2D eigenvalue weighted by Gasteiger charge is 2.50. The molecule has 15 heteroatoms. The molecule has 51 heavy (non-hydrogen) atoms. The van der Waals surface area contributed by atoms with Crippen LogP contribution in [0.1, 0.15) is 54.2 Å². The fourth-order valence-corrected chi connectivity index (χ4v) is 8.75. The van der Waals surface area contributed by atoms with Gasteiger partial charge in [0.25, 0.3) is 0 Å². The molecule has 2 unspecified atom stereocenters. The number of hydrogen-bond donors (Lipinski definition) is 2. The van der Waals surface area contributed by atoms with Gasteiger partial charge in [0.1, 0.15) is 11.6 Å². The maximum Gasteiger partial charge on any atom is 0.249 e. The highest BCUT2D eigenvalue weighted by molar-refractivity contribution is 7.80. The van der Waals surface area contributed by atoms with Crippen LogP contribution < -0.4 is 10.0 Å². The first kappa shape index (κ1) is 39.3. The molecule has 2 amide bonds. The molecule has 1 aromatic heterocycles. The third-order valence-corrected chi connectivity index (χ3v) is 11.5. The van der Waals surface area contributed by atoms with E-state index in [1.807, 2.05) is 26.0 Å². The number of para-hydroxylation sites is 1. The Hall–Kier alpha value is -2.88. The van der Waals surface area contributed by atoms with Crippen LogP contribution in [-0.4, -0.2) is 124 Å². The summed E-state index contributed by atoms with van der Waals surface area (Å²) in [4.78, 5) is 35.7. The first-order valence-electron chi connectivity index (χ1n) is 17.2. The molecule has 3 N–H and O–H groups in total. The molecule has 0 spiro atoms. The predicted molar refractivity (Wildman–Crippen MR) is 199 cm³/mol. The molecule has 0 saturated carbocycles. The number of halogens is 2. The molecule has 12 nitrogen and oxygen atoms in total. The summed E-state index contributed by atoms with van der Waals surface area (Å²) in [5.41, 5.74) is 7.57. The van der Waals surface area contributed by atoms with E-state index in [0.717, 1.165) is 38.4 Å². The third-order valence-electron chi connectivity index (χ3n) is 9.89. The molecule has 2 saturated heterocycles. The number of aryl methyl sites for hydroxylation is 2. The zero-order chi connectivity index (χ0) is 37.2. The predicted octanol–water partition coefficient (Wildman–Crippen LogP) is 3.87. The highest BCUT2D eigenvalue weighted by Crippen LogP contribution is 2.45. The van der Waals surface area contributed by atoms with Crippen LogP contribution in [0.25, 0.3) is 10.9 Å². The van der Waals surface area contributed by atoms with Crippen LogP contribution >= 0.6 is 23.2 Å². The van der Waals surface area contributed by atoms with Gasteiger partial charge in [-0.1, -0.05) is 41.4 Å². The number of benzene rings is 2. The van der Waals surface area contributed by atoms with E-state index in [1.54, 1.807) is 21.9 Å². The number of aliphatic hydroxyl groups excluding tert-OH is 1. The van der Waals surface area contributed by atoms with Crippen molar-refractivity contribution in [3.63, 3.8) is 0 Å². The summed E-state index contributed by atoms with van der Waals surface area (Å²) < 4.78 is 34.0. The van der Waals surface area contributed by atoms with Gasteiger partial charge in [-0.3, -0.25) is 23.1 Å². The molecule has 2 fully saturated rings. The molecule has 0 bridgehead atoms. The van der Waals surface area contributed by atoms with Crippen LogP contribution in [-0.2, 0) is 25.6 Å². The van der Waals surface area contributed by atoms with Crippen molar-refractivity contribution in [1.82, 2.24) is 14.8 Å². The van der Waals surface area contributed by atoms with Crippen LogP contribution in [0.5, 0.6) is 0 Å². The van der Waals surface area contributed by atoms with Gasteiger partial charge in [0.05, 0.1) is 50.0 Å². The minimum Gasteiger partial charge on any atom is -0.755 e. The lowest BCUT2D eigenvalue weighted by Crippen LogP contribution is -2.65. The second-order valence-electron chi connectivity index (χ2n) is 14.6. The van der Waals surface area contributed by atoms with Gasteiger partial charge in [0.2, 0.25) is 11.8 Å².